The fraction of sp³-hybridized carbons (Fsp3) is 0.333. The summed E-state index contributed by atoms with van der Waals surface area (Å²) in [5.41, 5.74) is 2.66. The predicted octanol–water partition coefficient (Wildman–Crippen LogP) is 4.54. The van der Waals surface area contributed by atoms with Gasteiger partial charge in [-0.25, -0.2) is 19.0 Å². The van der Waals surface area contributed by atoms with Crippen LogP contribution in [-0.4, -0.2) is 47.1 Å². The molecule has 0 spiro atoms. The summed E-state index contributed by atoms with van der Waals surface area (Å²) in [4.78, 5) is 24.7. The van der Waals surface area contributed by atoms with Crippen LogP contribution in [-0.2, 0) is 18.4 Å². The fourth-order valence-corrected chi connectivity index (χ4v) is 4.53. The number of carboxylic acids is 1. The van der Waals surface area contributed by atoms with Crippen molar-refractivity contribution in [2.24, 2.45) is 13.0 Å². The van der Waals surface area contributed by atoms with Gasteiger partial charge in [-0.2, -0.15) is 4.98 Å². The number of aromatic nitrogens is 6. The first kappa shape index (κ1) is 26.0. The van der Waals surface area contributed by atoms with Gasteiger partial charge in [-0.1, -0.05) is 11.3 Å². The second-order valence-corrected chi connectivity index (χ2v) is 9.36. The summed E-state index contributed by atoms with van der Waals surface area (Å²) in [7, 11) is 1.78. The molecule has 1 aromatic carbocycles. The van der Waals surface area contributed by atoms with Crippen LogP contribution in [0.15, 0.2) is 48.7 Å². The molecule has 2 N–H and O–H groups in total. The van der Waals surface area contributed by atoms with Crippen molar-refractivity contribution < 1.29 is 23.8 Å². The molecule has 0 bridgehead atoms. The molecule has 12 heteroatoms. The number of halogens is 1. The van der Waals surface area contributed by atoms with Crippen molar-refractivity contribution in [1.82, 2.24) is 29.9 Å². The number of anilines is 1. The van der Waals surface area contributed by atoms with Gasteiger partial charge in [-0.15, -0.1) is 5.10 Å². The summed E-state index contributed by atoms with van der Waals surface area (Å²) in [5.74, 6) is -0.00538. The Hall–Kier alpha value is -4.61. The lowest BCUT2D eigenvalue weighted by Gasteiger charge is -2.27. The zero-order valence-electron chi connectivity index (χ0n) is 21.5. The third-order valence-electron chi connectivity index (χ3n) is 6.55. The average Bonchev–Trinajstić information content (AvgIpc) is 3.29. The lowest BCUT2D eigenvalue weighted by molar-refractivity contribution is -0.143. The first-order valence-electron chi connectivity index (χ1n) is 12.6. The van der Waals surface area contributed by atoms with Crippen molar-refractivity contribution in [2.45, 2.75) is 45.3 Å². The van der Waals surface area contributed by atoms with E-state index in [1.807, 2.05) is 19.1 Å². The molecule has 202 valence electrons. The molecule has 1 aliphatic carbocycles. The van der Waals surface area contributed by atoms with Crippen LogP contribution in [0.5, 0.6) is 17.4 Å². The third-order valence-corrected chi connectivity index (χ3v) is 6.55. The number of aryl methyl sites for hydroxylation is 2. The Kier molecular flexibility index (Phi) is 7.62. The van der Waals surface area contributed by atoms with Crippen molar-refractivity contribution in [3.63, 3.8) is 0 Å². The Bertz CT molecular complexity index is 1480. The van der Waals surface area contributed by atoms with E-state index in [1.165, 1.54) is 12.1 Å². The highest BCUT2D eigenvalue weighted by molar-refractivity contribution is 5.70. The molecule has 3 aromatic heterocycles. The van der Waals surface area contributed by atoms with E-state index in [2.05, 4.69) is 25.6 Å². The summed E-state index contributed by atoms with van der Waals surface area (Å²) in [6, 6.07) is 11.0. The minimum atomic E-state index is -0.770. The van der Waals surface area contributed by atoms with Crippen molar-refractivity contribution in [3.05, 3.63) is 65.9 Å². The monoisotopic (exact) mass is 533 g/mol. The van der Waals surface area contributed by atoms with Crippen LogP contribution in [0.2, 0.25) is 0 Å². The highest BCUT2D eigenvalue weighted by Gasteiger charge is 2.28. The minimum Gasteiger partial charge on any atom is -0.489 e. The summed E-state index contributed by atoms with van der Waals surface area (Å²) >= 11 is 0. The van der Waals surface area contributed by atoms with Crippen molar-refractivity contribution in [2.75, 3.05) is 5.32 Å². The zero-order chi connectivity index (χ0) is 27.4. The molecule has 0 aliphatic heterocycles. The second kappa shape index (κ2) is 11.4. The van der Waals surface area contributed by atoms with Gasteiger partial charge in [0.05, 0.1) is 35.6 Å². The van der Waals surface area contributed by atoms with E-state index < -0.39 is 11.8 Å². The van der Waals surface area contributed by atoms with Crippen LogP contribution >= 0.6 is 0 Å². The average molecular weight is 534 g/mol. The number of hydrogen-bond donors (Lipinski definition) is 2. The summed E-state index contributed by atoms with van der Waals surface area (Å²) in [6.45, 7) is 2.16. The van der Waals surface area contributed by atoms with Gasteiger partial charge in [0.2, 0.25) is 11.8 Å². The Balaban J connectivity index is 1.27. The Morgan fingerprint density at radius 1 is 1.21 bits per heavy atom. The van der Waals surface area contributed by atoms with E-state index in [0.717, 1.165) is 18.5 Å². The molecule has 4 aromatic rings. The van der Waals surface area contributed by atoms with Gasteiger partial charge >= 0.3 is 5.97 Å². The number of ether oxygens (including phenoxy) is 2. The zero-order valence-corrected chi connectivity index (χ0v) is 21.5. The maximum absolute atomic E-state index is 13.5. The van der Waals surface area contributed by atoms with Crippen LogP contribution in [0.1, 0.15) is 37.1 Å². The van der Waals surface area contributed by atoms with Gasteiger partial charge in [0.25, 0.3) is 0 Å². The fourth-order valence-electron chi connectivity index (χ4n) is 4.53. The predicted molar refractivity (Wildman–Crippen MR) is 139 cm³/mol. The van der Waals surface area contributed by atoms with Crippen LogP contribution in [0.3, 0.4) is 0 Å². The van der Waals surface area contributed by atoms with Gasteiger partial charge in [0.15, 0.2) is 0 Å². The van der Waals surface area contributed by atoms with Gasteiger partial charge < -0.3 is 19.9 Å². The topological polar surface area (TPSA) is 137 Å². The first-order valence-corrected chi connectivity index (χ1v) is 12.6. The Morgan fingerprint density at radius 3 is 2.87 bits per heavy atom. The number of nitrogens with zero attached hydrogens (tertiary/aromatic N) is 6. The molecular formula is C27H28FN7O4. The second-order valence-electron chi connectivity index (χ2n) is 9.36. The number of carboxylic acid groups (broad SMARTS) is 1. The quantitative estimate of drug-likeness (QED) is 0.315. The first-order chi connectivity index (χ1) is 18.9. The smallest absolute Gasteiger partial charge is 0.306 e. The number of carbonyl (C=O) groups is 1. The van der Waals surface area contributed by atoms with Crippen molar-refractivity contribution >= 4 is 11.9 Å². The highest BCUT2D eigenvalue weighted by atomic mass is 19.1. The summed E-state index contributed by atoms with van der Waals surface area (Å²) < 4.78 is 26.9. The van der Waals surface area contributed by atoms with Gasteiger partial charge in [0, 0.05) is 25.4 Å². The summed E-state index contributed by atoms with van der Waals surface area (Å²) in [6.07, 6.45) is 4.22. The normalized spacial score (nSPS) is 17.0. The number of rotatable bonds is 9. The van der Waals surface area contributed by atoms with Crippen LogP contribution in [0.25, 0.3) is 11.4 Å². The maximum Gasteiger partial charge on any atom is 0.306 e. The highest BCUT2D eigenvalue weighted by Crippen LogP contribution is 2.30. The lowest BCUT2D eigenvalue weighted by atomic mass is 9.87. The number of pyridine rings is 1. The van der Waals surface area contributed by atoms with Crippen LogP contribution < -0.4 is 14.8 Å². The Labute approximate surface area is 224 Å². The number of hydrogen-bond acceptors (Lipinski definition) is 9. The van der Waals surface area contributed by atoms with E-state index in [-0.39, 0.29) is 17.9 Å². The molecule has 5 rings (SSSR count). The van der Waals surface area contributed by atoms with Crippen molar-refractivity contribution in [3.8, 4) is 28.8 Å². The van der Waals surface area contributed by atoms with Gasteiger partial charge in [-0.05, 0) is 56.9 Å². The molecule has 2 atom stereocenters. The minimum absolute atomic E-state index is 0.150. The van der Waals surface area contributed by atoms with Gasteiger partial charge in [-0.3, -0.25) is 4.79 Å². The SMILES string of the molecule is Cc1nc(-c2nnn(C)c2CNc2nccc(Oc3cccc(F)c3)n2)ccc1O[C@H]1CCC[C@H](C(=O)O)C1. The van der Waals surface area contributed by atoms with E-state index >= 15 is 0 Å². The molecular weight excluding hydrogens is 505 g/mol. The molecule has 3 heterocycles. The molecule has 1 fully saturated rings. The lowest BCUT2D eigenvalue weighted by Crippen LogP contribution is -2.29. The molecule has 0 amide bonds. The van der Waals surface area contributed by atoms with Crippen LogP contribution in [0.4, 0.5) is 10.3 Å². The molecule has 11 nitrogen and oxygen atoms in total. The summed E-state index contributed by atoms with van der Waals surface area (Å²) in [5, 5.41) is 21.0. The molecule has 1 aliphatic rings. The Morgan fingerprint density at radius 2 is 2.08 bits per heavy atom. The third kappa shape index (κ3) is 6.28. The van der Waals surface area contributed by atoms with E-state index in [1.54, 1.807) is 36.1 Å². The van der Waals surface area contributed by atoms with E-state index in [9.17, 15) is 14.3 Å². The van der Waals surface area contributed by atoms with Crippen LogP contribution in [0, 0.1) is 18.7 Å². The molecule has 1 saturated carbocycles. The molecule has 0 saturated heterocycles. The molecule has 0 unspecified atom stereocenters. The molecule has 0 radical (unpaired) electrons. The van der Waals surface area contributed by atoms with E-state index in [0.29, 0.717) is 53.9 Å². The van der Waals surface area contributed by atoms with Crippen molar-refractivity contribution in [1.29, 1.82) is 0 Å². The maximum atomic E-state index is 13.5. The number of benzene rings is 1. The standard InChI is InChI=1S/C27H28FN7O4/c1-16-23(38-19-7-3-5-17(13-19)26(36)37)10-9-21(31-16)25-22(35(2)34-33-25)15-30-27-29-12-11-24(32-27)39-20-8-4-6-18(28)14-20/h4,6,8-12,14,17,19H,3,5,7,13,15H2,1-2H3,(H,36,37)(H,29,30,32)/t17-,19-/m0/s1. The van der Waals surface area contributed by atoms with E-state index in [4.69, 9.17) is 14.5 Å². The number of aliphatic carboxylic acids is 1. The largest absolute Gasteiger partial charge is 0.489 e. The molecule has 39 heavy (non-hydrogen) atoms. The number of nitrogens with one attached hydrogen (secondary N) is 1. The van der Waals surface area contributed by atoms with Gasteiger partial charge in [0.1, 0.15) is 23.0 Å².